The Hall–Kier alpha value is -2.54. The minimum atomic E-state index is -3.51. The van der Waals surface area contributed by atoms with Crippen molar-refractivity contribution in [1.29, 1.82) is 0 Å². The summed E-state index contributed by atoms with van der Waals surface area (Å²) in [4.78, 5) is 3.97. The van der Waals surface area contributed by atoms with Gasteiger partial charge in [-0.15, -0.1) is 10.2 Å². The number of hydrogen-bond acceptors (Lipinski definition) is 5. The van der Waals surface area contributed by atoms with Gasteiger partial charge in [-0.2, -0.15) is 0 Å². The largest absolute Gasteiger partial charge is 0.266 e. The number of hydrogen-bond donors (Lipinski definition) is 0. The van der Waals surface area contributed by atoms with Crippen LogP contribution in [0.1, 0.15) is 5.56 Å². The second-order valence-corrected chi connectivity index (χ2v) is 6.85. The second-order valence-electron chi connectivity index (χ2n) is 4.94. The first-order valence-electron chi connectivity index (χ1n) is 6.60. The van der Waals surface area contributed by atoms with E-state index >= 15 is 0 Å². The maximum absolute atomic E-state index is 12.0. The highest BCUT2D eigenvalue weighted by Crippen LogP contribution is 2.26. The van der Waals surface area contributed by atoms with Gasteiger partial charge in [0, 0.05) is 24.2 Å². The lowest BCUT2D eigenvalue weighted by Crippen LogP contribution is -2.09. The van der Waals surface area contributed by atoms with Crippen LogP contribution in [0.3, 0.4) is 0 Å². The van der Waals surface area contributed by atoms with Gasteiger partial charge >= 0.3 is 0 Å². The molecule has 0 unspecified atom stereocenters. The van der Waals surface area contributed by atoms with Crippen LogP contribution in [0.2, 0.25) is 0 Å². The van der Waals surface area contributed by atoms with E-state index in [9.17, 15) is 8.42 Å². The highest BCUT2D eigenvalue weighted by atomic mass is 32.2. The summed E-state index contributed by atoms with van der Waals surface area (Å²) in [7, 11) is -3.51. The van der Waals surface area contributed by atoms with E-state index in [2.05, 4.69) is 15.2 Å². The van der Waals surface area contributed by atoms with E-state index in [1.165, 1.54) is 0 Å². The molecule has 0 N–H and O–H groups in total. The van der Waals surface area contributed by atoms with Gasteiger partial charge in [0.15, 0.2) is 5.82 Å². The lowest BCUT2D eigenvalue weighted by atomic mass is 10.2. The molecule has 1 aromatic carbocycles. The Morgan fingerprint density at radius 1 is 1.00 bits per heavy atom. The molecule has 0 aliphatic rings. The van der Waals surface area contributed by atoms with Crippen molar-refractivity contribution in [3.63, 3.8) is 0 Å². The van der Waals surface area contributed by atoms with E-state index in [4.69, 9.17) is 0 Å². The molecule has 0 spiro atoms. The average Bonchev–Trinajstić information content (AvgIpc) is 2.93. The smallest absolute Gasteiger partial charge is 0.254 e. The van der Waals surface area contributed by atoms with E-state index in [0.29, 0.717) is 5.82 Å². The number of aromatic nitrogens is 4. The topological polar surface area (TPSA) is 77.7 Å². The van der Waals surface area contributed by atoms with Gasteiger partial charge in [0.05, 0.1) is 5.69 Å². The Morgan fingerprint density at radius 3 is 2.32 bits per heavy atom. The Morgan fingerprint density at radius 2 is 1.68 bits per heavy atom. The molecule has 0 aliphatic heterocycles. The van der Waals surface area contributed by atoms with Crippen molar-refractivity contribution in [2.75, 3.05) is 6.26 Å². The van der Waals surface area contributed by atoms with Crippen molar-refractivity contribution in [3.05, 3.63) is 54.4 Å². The summed E-state index contributed by atoms with van der Waals surface area (Å²) < 4.78 is 25.7. The molecule has 3 aromatic rings. The third-order valence-corrected chi connectivity index (χ3v) is 4.19. The lowest BCUT2D eigenvalue weighted by Gasteiger charge is -2.12. The molecule has 22 heavy (non-hydrogen) atoms. The summed E-state index contributed by atoms with van der Waals surface area (Å²) in [6.45, 7) is 1.91. The molecule has 0 fully saturated rings. The predicted octanol–water partition coefficient (Wildman–Crippen LogP) is 2.04. The molecule has 112 valence electrons. The number of benzene rings is 1. The molecular weight excluding hydrogens is 300 g/mol. The van der Waals surface area contributed by atoms with Gasteiger partial charge < -0.3 is 0 Å². The van der Waals surface area contributed by atoms with Gasteiger partial charge in [-0.3, -0.25) is 9.55 Å². The zero-order valence-electron chi connectivity index (χ0n) is 12.1. The predicted molar refractivity (Wildman–Crippen MR) is 82.4 cm³/mol. The summed E-state index contributed by atoms with van der Waals surface area (Å²) >= 11 is 0. The van der Waals surface area contributed by atoms with Crippen LogP contribution >= 0.6 is 0 Å². The van der Waals surface area contributed by atoms with Crippen LogP contribution in [0.5, 0.6) is 0 Å². The Kier molecular flexibility index (Phi) is 3.50. The maximum Gasteiger partial charge on any atom is 0.254 e. The molecule has 0 saturated heterocycles. The van der Waals surface area contributed by atoms with Crippen LogP contribution in [-0.4, -0.2) is 34.4 Å². The molecule has 0 saturated carbocycles. The van der Waals surface area contributed by atoms with Crippen LogP contribution in [0.25, 0.3) is 17.1 Å². The monoisotopic (exact) mass is 314 g/mol. The van der Waals surface area contributed by atoms with Gasteiger partial charge in [-0.1, -0.05) is 18.2 Å². The Bertz CT molecular complexity index is 918. The third-order valence-electron chi connectivity index (χ3n) is 3.26. The first-order chi connectivity index (χ1) is 10.5. The molecule has 0 bridgehead atoms. The van der Waals surface area contributed by atoms with Crippen molar-refractivity contribution in [2.45, 2.75) is 12.1 Å². The number of para-hydroxylation sites is 1. The molecule has 2 aromatic heterocycles. The van der Waals surface area contributed by atoms with E-state index < -0.39 is 9.84 Å². The number of sulfone groups is 1. The Labute approximate surface area is 128 Å². The van der Waals surface area contributed by atoms with E-state index in [1.807, 2.05) is 31.2 Å². The highest BCUT2D eigenvalue weighted by Gasteiger charge is 2.23. The molecule has 3 rings (SSSR count). The fourth-order valence-electron chi connectivity index (χ4n) is 2.23. The van der Waals surface area contributed by atoms with E-state index in [0.717, 1.165) is 23.1 Å². The van der Waals surface area contributed by atoms with Gasteiger partial charge in [0.2, 0.25) is 9.84 Å². The molecular formula is C15H14N4O2S. The zero-order chi connectivity index (χ0) is 15.7. The van der Waals surface area contributed by atoms with Crippen LogP contribution in [0.15, 0.2) is 53.9 Å². The van der Waals surface area contributed by atoms with Gasteiger partial charge in [-0.05, 0) is 30.7 Å². The van der Waals surface area contributed by atoms with Crippen molar-refractivity contribution in [3.8, 4) is 17.1 Å². The average molecular weight is 314 g/mol. The normalized spacial score (nSPS) is 11.5. The maximum atomic E-state index is 12.0. The van der Waals surface area contributed by atoms with Crippen LogP contribution in [0.4, 0.5) is 0 Å². The summed E-state index contributed by atoms with van der Waals surface area (Å²) in [5, 5.41) is 7.89. The van der Waals surface area contributed by atoms with Gasteiger partial charge in [-0.25, -0.2) is 8.42 Å². The Balaban J connectivity index is 2.35. The van der Waals surface area contributed by atoms with Crippen LogP contribution in [0, 0.1) is 6.92 Å². The second kappa shape index (κ2) is 5.34. The van der Waals surface area contributed by atoms with Crippen molar-refractivity contribution in [2.24, 2.45) is 0 Å². The molecule has 7 heteroatoms. The molecule has 0 atom stereocenters. The van der Waals surface area contributed by atoms with Gasteiger partial charge in [0.25, 0.3) is 5.16 Å². The van der Waals surface area contributed by atoms with Crippen molar-refractivity contribution < 1.29 is 8.42 Å². The molecule has 6 nitrogen and oxygen atoms in total. The fraction of sp³-hybridized carbons (Fsp3) is 0.133. The molecule has 0 radical (unpaired) electrons. The van der Waals surface area contributed by atoms with Gasteiger partial charge in [0.1, 0.15) is 0 Å². The first kappa shape index (κ1) is 14.4. The molecule has 0 aliphatic carbocycles. The summed E-state index contributed by atoms with van der Waals surface area (Å²) in [5.41, 5.74) is 2.42. The number of rotatable bonds is 3. The highest BCUT2D eigenvalue weighted by molar-refractivity contribution is 7.90. The first-order valence-corrected chi connectivity index (χ1v) is 8.49. The number of nitrogens with zero attached hydrogens (tertiary/aromatic N) is 4. The standard InChI is InChI=1S/C15H14N4O2S/c1-11-5-3-4-6-13(11)19-14(12-7-9-16-10-8-12)17-18-15(19)22(2,20)21/h3-10H,1-2H3. The summed E-state index contributed by atoms with van der Waals surface area (Å²) in [6.07, 6.45) is 4.39. The third kappa shape index (κ3) is 2.50. The number of aryl methyl sites for hydroxylation is 1. The quantitative estimate of drug-likeness (QED) is 0.739. The van der Waals surface area contributed by atoms with Crippen molar-refractivity contribution in [1.82, 2.24) is 19.7 Å². The van der Waals surface area contributed by atoms with E-state index in [-0.39, 0.29) is 5.16 Å². The summed E-state index contributed by atoms with van der Waals surface area (Å²) in [5.74, 6) is 0.470. The summed E-state index contributed by atoms with van der Waals surface area (Å²) in [6, 6.07) is 11.0. The van der Waals surface area contributed by atoms with Crippen LogP contribution < -0.4 is 0 Å². The zero-order valence-corrected chi connectivity index (χ0v) is 12.9. The molecule has 2 heterocycles. The minimum Gasteiger partial charge on any atom is -0.266 e. The molecule has 0 amide bonds. The van der Waals surface area contributed by atoms with Crippen LogP contribution in [-0.2, 0) is 9.84 Å². The lowest BCUT2D eigenvalue weighted by molar-refractivity contribution is 0.589. The SMILES string of the molecule is Cc1ccccc1-n1c(-c2ccncc2)nnc1S(C)(=O)=O. The van der Waals surface area contributed by atoms with E-state index in [1.54, 1.807) is 29.1 Å². The number of pyridine rings is 1. The fourth-order valence-corrected chi connectivity index (χ4v) is 2.94. The minimum absolute atomic E-state index is 0.0754. The van der Waals surface area contributed by atoms with Crippen molar-refractivity contribution >= 4 is 9.84 Å².